The Morgan fingerprint density at radius 1 is 1.07 bits per heavy atom. The lowest BCUT2D eigenvalue weighted by molar-refractivity contribution is -0.138. The van der Waals surface area contributed by atoms with Gasteiger partial charge in [0.15, 0.2) is 5.75 Å². The Morgan fingerprint density at radius 2 is 1.68 bits per heavy atom. The summed E-state index contributed by atoms with van der Waals surface area (Å²) in [6.07, 6.45) is -4.91. The first kappa shape index (κ1) is 21.8. The first-order chi connectivity index (χ1) is 13.0. The summed E-state index contributed by atoms with van der Waals surface area (Å²) in [5, 5.41) is 11.2. The molecule has 0 aliphatic carbocycles. The van der Waals surface area contributed by atoms with E-state index in [-0.39, 0.29) is 40.1 Å². The molecule has 1 amide bonds. The predicted octanol–water partition coefficient (Wildman–Crippen LogP) is 5.18. The monoisotopic (exact) mass is 435 g/mol. The normalized spacial score (nSPS) is 11.2. The number of amides is 1. The van der Waals surface area contributed by atoms with Crippen molar-refractivity contribution >= 4 is 40.8 Å². The van der Waals surface area contributed by atoms with Crippen LogP contribution in [0.3, 0.4) is 0 Å². The third kappa shape index (κ3) is 6.03. The highest BCUT2D eigenvalue weighted by atomic mass is 35.5. The third-order valence-electron chi connectivity index (χ3n) is 3.44. The maximum absolute atomic E-state index is 13.1. The van der Waals surface area contributed by atoms with Gasteiger partial charge in [0.2, 0.25) is 5.91 Å². The smallest absolute Gasteiger partial charge is 0.416 e. The number of carbonyl (C=O) groups excluding carboxylic acids is 1. The van der Waals surface area contributed by atoms with Crippen molar-refractivity contribution in [2.24, 2.45) is 0 Å². The Morgan fingerprint density at radius 3 is 2.18 bits per heavy atom. The maximum atomic E-state index is 13.1. The van der Waals surface area contributed by atoms with Crippen LogP contribution in [-0.4, -0.2) is 17.0 Å². The Labute approximate surface area is 168 Å². The minimum atomic E-state index is -4.61. The molecule has 0 spiro atoms. The SMILES string of the molecule is CC(=O)Nc1cc(COc2c(Cl)cc(CC(=O)O)cc2Cl)cc(C(F)(F)F)c1. The molecule has 2 rings (SSSR count). The molecular formula is C18H14Cl2F3NO4. The summed E-state index contributed by atoms with van der Waals surface area (Å²) >= 11 is 12.1. The highest BCUT2D eigenvalue weighted by molar-refractivity contribution is 6.37. The van der Waals surface area contributed by atoms with Gasteiger partial charge in [0.05, 0.1) is 22.0 Å². The Hall–Kier alpha value is -2.45. The highest BCUT2D eigenvalue weighted by Crippen LogP contribution is 2.36. The van der Waals surface area contributed by atoms with Gasteiger partial charge in [-0.2, -0.15) is 13.2 Å². The fourth-order valence-electron chi connectivity index (χ4n) is 2.40. The number of ether oxygens (including phenoxy) is 1. The quantitative estimate of drug-likeness (QED) is 0.655. The standard InChI is InChI=1S/C18H14Cl2F3NO4/c1-9(25)24-13-3-11(2-12(7-13)18(21,22)23)8-28-17-14(19)4-10(5-15(17)20)6-16(26)27/h2-5,7H,6,8H2,1H3,(H,24,25)(H,26,27). The summed E-state index contributed by atoms with van der Waals surface area (Å²) in [6, 6.07) is 5.73. The van der Waals surface area contributed by atoms with Gasteiger partial charge in [-0.05, 0) is 41.5 Å². The van der Waals surface area contributed by atoms with Crippen LogP contribution in [0.25, 0.3) is 0 Å². The van der Waals surface area contributed by atoms with Crippen molar-refractivity contribution in [3.63, 3.8) is 0 Å². The number of alkyl halides is 3. The van der Waals surface area contributed by atoms with Crippen molar-refractivity contribution in [1.82, 2.24) is 0 Å². The second kappa shape index (κ2) is 8.70. The largest absolute Gasteiger partial charge is 0.486 e. The molecule has 10 heteroatoms. The van der Waals surface area contributed by atoms with Crippen LogP contribution in [-0.2, 0) is 28.8 Å². The lowest BCUT2D eigenvalue weighted by Gasteiger charge is -2.15. The summed E-state index contributed by atoms with van der Waals surface area (Å²) in [5.74, 6) is -1.59. The van der Waals surface area contributed by atoms with Gasteiger partial charge < -0.3 is 15.2 Å². The van der Waals surface area contributed by atoms with E-state index in [4.69, 9.17) is 33.0 Å². The Kier molecular flexibility index (Phi) is 6.79. The number of hydrogen-bond donors (Lipinski definition) is 2. The summed E-state index contributed by atoms with van der Waals surface area (Å²) in [6.45, 7) is 0.864. The van der Waals surface area contributed by atoms with E-state index < -0.39 is 23.6 Å². The van der Waals surface area contributed by atoms with Gasteiger partial charge in [-0.1, -0.05) is 23.2 Å². The van der Waals surface area contributed by atoms with E-state index in [1.165, 1.54) is 25.1 Å². The summed E-state index contributed by atoms with van der Waals surface area (Å²) in [4.78, 5) is 21.9. The topological polar surface area (TPSA) is 75.6 Å². The molecule has 28 heavy (non-hydrogen) atoms. The van der Waals surface area contributed by atoms with Crippen LogP contribution in [0.4, 0.5) is 18.9 Å². The molecule has 0 atom stereocenters. The van der Waals surface area contributed by atoms with Crippen LogP contribution in [0.1, 0.15) is 23.6 Å². The second-order valence-corrected chi connectivity index (χ2v) is 6.66. The average Bonchev–Trinajstić information content (AvgIpc) is 2.51. The van der Waals surface area contributed by atoms with Gasteiger partial charge in [-0.15, -0.1) is 0 Å². The third-order valence-corrected chi connectivity index (χ3v) is 4.00. The summed E-state index contributed by atoms with van der Waals surface area (Å²) in [7, 11) is 0. The lowest BCUT2D eigenvalue weighted by atomic mass is 10.1. The number of hydrogen-bond acceptors (Lipinski definition) is 3. The molecule has 0 bridgehead atoms. The van der Waals surface area contributed by atoms with Crippen molar-refractivity contribution in [2.45, 2.75) is 26.1 Å². The maximum Gasteiger partial charge on any atom is 0.416 e. The molecule has 0 radical (unpaired) electrons. The zero-order valence-corrected chi connectivity index (χ0v) is 15.9. The van der Waals surface area contributed by atoms with Gasteiger partial charge >= 0.3 is 12.1 Å². The van der Waals surface area contributed by atoms with Gasteiger partial charge in [0.25, 0.3) is 0 Å². The number of halogens is 5. The van der Waals surface area contributed by atoms with Crippen LogP contribution in [0.5, 0.6) is 5.75 Å². The van der Waals surface area contributed by atoms with E-state index in [1.807, 2.05) is 0 Å². The van der Waals surface area contributed by atoms with Crippen LogP contribution in [0.2, 0.25) is 10.0 Å². The van der Waals surface area contributed by atoms with Gasteiger partial charge in [0.1, 0.15) is 6.61 Å². The molecule has 0 aromatic heterocycles. The fraction of sp³-hybridized carbons (Fsp3) is 0.222. The number of nitrogens with one attached hydrogen (secondary N) is 1. The number of carboxylic acids is 1. The van der Waals surface area contributed by atoms with Crippen molar-refractivity contribution in [2.75, 3.05) is 5.32 Å². The van der Waals surface area contributed by atoms with Crippen molar-refractivity contribution in [3.05, 3.63) is 57.1 Å². The number of carbonyl (C=O) groups is 2. The summed E-state index contributed by atoms with van der Waals surface area (Å²) < 4.78 is 44.7. The average molecular weight is 436 g/mol. The molecule has 2 aromatic carbocycles. The highest BCUT2D eigenvalue weighted by Gasteiger charge is 2.31. The summed E-state index contributed by atoms with van der Waals surface area (Å²) in [5.41, 5.74) is -0.511. The molecule has 0 saturated carbocycles. The first-order valence-electron chi connectivity index (χ1n) is 7.77. The number of benzene rings is 2. The minimum absolute atomic E-state index is 0.0101. The fourth-order valence-corrected chi connectivity index (χ4v) is 3.04. The van der Waals surface area contributed by atoms with E-state index in [1.54, 1.807) is 0 Å². The molecule has 2 aromatic rings. The number of carboxylic acid groups (broad SMARTS) is 1. The zero-order chi connectivity index (χ0) is 21.1. The Bertz CT molecular complexity index is 893. The molecule has 2 N–H and O–H groups in total. The van der Waals surface area contributed by atoms with E-state index in [2.05, 4.69) is 5.32 Å². The van der Waals surface area contributed by atoms with Crippen LogP contribution >= 0.6 is 23.2 Å². The van der Waals surface area contributed by atoms with Crippen LogP contribution < -0.4 is 10.1 Å². The molecule has 0 fully saturated rings. The van der Waals surface area contributed by atoms with Crippen molar-refractivity contribution < 1.29 is 32.6 Å². The molecule has 0 heterocycles. The van der Waals surface area contributed by atoms with E-state index in [0.717, 1.165) is 12.1 Å². The van der Waals surface area contributed by atoms with E-state index in [9.17, 15) is 22.8 Å². The van der Waals surface area contributed by atoms with E-state index >= 15 is 0 Å². The van der Waals surface area contributed by atoms with Crippen LogP contribution in [0, 0.1) is 0 Å². The van der Waals surface area contributed by atoms with E-state index in [0.29, 0.717) is 5.56 Å². The Balaban J connectivity index is 2.28. The zero-order valence-electron chi connectivity index (χ0n) is 14.4. The van der Waals surface area contributed by atoms with Crippen molar-refractivity contribution in [3.8, 4) is 5.75 Å². The molecular weight excluding hydrogens is 422 g/mol. The van der Waals surface area contributed by atoms with Gasteiger partial charge in [-0.25, -0.2) is 0 Å². The molecule has 150 valence electrons. The predicted molar refractivity (Wildman–Crippen MR) is 97.9 cm³/mol. The van der Waals surface area contributed by atoms with Crippen LogP contribution in [0.15, 0.2) is 30.3 Å². The molecule has 0 saturated heterocycles. The molecule has 5 nitrogen and oxygen atoms in total. The molecule has 0 aliphatic rings. The second-order valence-electron chi connectivity index (χ2n) is 5.85. The molecule has 0 aliphatic heterocycles. The first-order valence-corrected chi connectivity index (χ1v) is 8.52. The minimum Gasteiger partial charge on any atom is -0.486 e. The number of rotatable bonds is 6. The number of aliphatic carboxylic acids is 1. The lowest BCUT2D eigenvalue weighted by Crippen LogP contribution is -2.11. The molecule has 0 unspecified atom stereocenters. The van der Waals surface area contributed by atoms with Gasteiger partial charge in [-0.3, -0.25) is 9.59 Å². The van der Waals surface area contributed by atoms with Crippen molar-refractivity contribution in [1.29, 1.82) is 0 Å². The number of anilines is 1. The van der Waals surface area contributed by atoms with Gasteiger partial charge in [0, 0.05) is 12.6 Å².